The minimum Gasteiger partial charge on any atom is -0.399 e. The number of aromatic nitrogens is 2. The van der Waals surface area contributed by atoms with Crippen LogP contribution in [0.2, 0.25) is 0 Å². The SMILES string of the molecule is CC(=O)N(C(=O)CCn1c(C)c(C)[nH]c1=O)c1cccc(N)c1. The molecule has 1 aromatic heterocycles. The van der Waals surface area contributed by atoms with E-state index in [1.807, 2.05) is 0 Å². The van der Waals surface area contributed by atoms with E-state index in [2.05, 4.69) is 4.98 Å². The summed E-state index contributed by atoms with van der Waals surface area (Å²) < 4.78 is 1.49. The number of nitrogens with two attached hydrogens (primary N) is 1. The van der Waals surface area contributed by atoms with Crippen molar-refractivity contribution in [2.45, 2.75) is 33.7 Å². The number of amides is 2. The smallest absolute Gasteiger partial charge is 0.325 e. The molecule has 0 aliphatic rings. The monoisotopic (exact) mass is 316 g/mol. The summed E-state index contributed by atoms with van der Waals surface area (Å²) in [5.41, 5.74) is 7.89. The Bertz CT molecular complexity index is 804. The van der Waals surface area contributed by atoms with Gasteiger partial charge in [0.2, 0.25) is 11.8 Å². The Hall–Kier alpha value is -2.83. The van der Waals surface area contributed by atoms with Crippen LogP contribution in [-0.4, -0.2) is 21.4 Å². The molecular formula is C16H20N4O3. The first-order chi connectivity index (χ1) is 10.8. The number of nitrogens with one attached hydrogen (secondary N) is 1. The van der Waals surface area contributed by atoms with Crippen molar-refractivity contribution in [3.05, 3.63) is 46.1 Å². The number of aromatic amines is 1. The number of nitrogens with zero attached hydrogens (tertiary/aromatic N) is 2. The van der Waals surface area contributed by atoms with Gasteiger partial charge in [0.25, 0.3) is 0 Å². The molecule has 0 bridgehead atoms. The number of H-pyrrole nitrogens is 1. The number of carbonyl (C=O) groups is 2. The van der Waals surface area contributed by atoms with Gasteiger partial charge < -0.3 is 10.7 Å². The van der Waals surface area contributed by atoms with Crippen molar-refractivity contribution >= 4 is 23.2 Å². The predicted molar refractivity (Wildman–Crippen MR) is 88.2 cm³/mol. The van der Waals surface area contributed by atoms with Gasteiger partial charge in [0.1, 0.15) is 0 Å². The largest absolute Gasteiger partial charge is 0.399 e. The van der Waals surface area contributed by atoms with Crippen molar-refractivity contribution in [1.82, 2.24) is 9.55 Å². The van der Waals surface area contributed by atoms with Gasteiger partial charge >= 0.3 is 5.69 Å². The van der Waals surface area contributed by atoms with Crippen molar-refractivity contribution in [1.29, 1.82) is 0 Å². The van der Waals surface area contributed by atoms with Gasteiger partial charge in [-0.1, -0.05) is 6.07 Å². The Balaban J connectivity index is 2.19. The molecule has 0 radical (unpaired) electrons. The van der Waals surface area contributed by atoms with Crippen molar-refractivity contribution in [3.63, 3.8) is 0 Å². The maximum absolute atomic E-state index is 12.4. The van der Waals surface area contributed by atoms with Crippen molar-refractivity contribution < 1.29 is 9.59 Å². The maximum atomic E-state index is 12.4. The minimum absolute atomic E-state index is 0.0341. The zero-order chi connectivity index (χ0) is 17.1. The van der Waals surface area contributed by atoms with Gasteiger partial charge in [0.15, 0.2) is 0 Å². The number of hydrogen-bond acceptors (Lipinski definition) is 4. The Morgan fingerprint density at radius 1 is 1.30 bits per heavy atom. The Labute approximate surface area is 133 Å². The van der Waals surface area contributed by atoms with E-state index in [1.165, 1.54) is 11.5 Å². The molecule has 7 nitrogen and oxygen atoms in total. The van der Waals surface area contributed by atoms with Gasteiger partial charge in [-0.25, -0.2) is 4.79 Å². The van der Waals surface area contributed by atoms with Crippen LogP contribution in [0.5, 0.6) is 0 Å². The molecule has 0 aliphatic heterocycles. The normalized spacial score (nSPS) is 10.6. The third-order valence-electron chi connectivity index (χ3n) is 3.73. The quantitative estimate of drug-likeness (QED) is 0.831. The standard InChI is InChI=1S/C16H20N4O3/c1-10-11(2)19(16(23)18-10)8-7-15(22)20(12(3)21)14-6-4-5-13(17)9-14/h4-6,9H,7-8,17H2,1-3H3,(H,18,23). The van der Waals surface area contributed by atoms with Gasteiger partial charge in [-0.05, 0) is 32.0 Å². The second-order valence-electron chi connectivity index (χ2n) is 5.39. The number of anilines is 2. The summed E-state index contributed by atoms with van der Waals surface area (Å²) in [7, 11) is 0. The summed E-state index contributed by atoms with van der Waals surface area (Å²) in [5.74, 6) is -0.775. The number of hydrogen-bond donors (Lipinski definition) is 2. The van der Waals surface area contributed by atoms with E-state index in [-0.39, 0.29) is 24.6 Å². The van der Waals surface area contributed by atoms with E-state index in [0.717, 1.165) is 16.3 Å². The molecule has 0 unspecified atom stereocenters. The van der Waals surface area contributed by atoms with Crippen molar-refractivity contribution in [2.24, 2.45) is 0 Å². The molecule has 2 aromatic rings. The van der Waals surface area contributed by atoms with Crippen LogP contribution in [0.1, 0.15) is 24.7 Å². The number of rotatable bonds is 4. The van der Waals surface area contributed by atoms with Crippen LogP contribution in [0.3, 0.4) is 0 Å². The Morgan fingerprint density at radius 2 is 2.00 bits per heavy atom. The lowest BCUT2D eigenvalue weighted by atomic mass is 10.2. The summed E-state index contributed by atoms with van der Waals surface area (Å²) in [6, 6.07) is 6.57. The topological polar surface area (TPSA) is 101 Å². The predicted octanol–water partition coefficient (Wildman–Crippen LogP) is 1.35. The molecule has 1 aromatic carbocycles. The van der Waals surface area contributed by atoms with E-state index in [1.54, 1.807) is 38.1 Å². The third kappa shape index (κ3) is 3.50. The molecular weight excluding hydrogens is 296 g/mol. The van der Waals surface area contributed by atoms with Gasteiger partial charge in [-0.2, -0.15) is 0 Å². The van der Waals surface area contributed by atoms with E-state index in [9.17, 15) is 14.4 Å². The van der Waals surface area contributed by atoms with Crippen molar-refractivity contribution in [2.75, 3.05) is 10.6 Å². The lowest BCUT2D eigenvalue weighted by Crippen LogP contribution is -2.36. The lowest BCUT2D eigenvalue weighted by molar-refractivity contribution is -0.125. The van der Waals surface area contributed by atoms with Gasteiger partial charge in [0.05, 0.1) is 5.69 Å². The summed E-state index contributed by atoms with van der Waals surface area (Å²) in [6.45, 7) is 5.13. The molecule has 23 heavy (non-hydrogen) atoms. The van der Waals surface area contributed by atoms with E-state index in [0.29, 0.717) is 11.4 Å². The second-order valence-corrected chi connectivity index (χ2v) is 5.39. The Kier molecular flexibility index (Phi) is 4.68. The van der Waals surface area contributed by atoms with Crippen LogP contribution in [-0.2, 0) is 16.1 Å². The number of imidazole rings is 1. The summed E-state index contributed by atoms with van der Waals surface area (Å²) in [4.78, 5) is 39.8. The van der Waals surface area contributed by atoms with Gasteiger partial charge in [0, 0.05) is 37.0 Å². The average Bonchev–Trinajstić information content (AvgIpc) is 2.70. The van der Waals surface area contributed by atoms with E-state index < -0.39 is 5.91 Å². The summed E-state index contributed by atoms with van der Waals surface area (Å²) in [5, 5.41) is 0. The minimum atomic E-state index is -0.394. The van der Waals surface area contributed by atoms with Crippen LogP contribution >= 0.6 is 0 Å². The number of benzene rings is 1. The molecule has 1 heterocycles. The highest BCUT2D eigenvalue weighted by molar-refractivity contribution is 6.14. The highest BCUT2D eigenvalue weighted by Gasteiger charge is 2.20. The van der Waals surface area contributed by atoms with Crippen LogP contribution in [0, 0.1) is 13.8 Å². The summed E-state index contributed by atoms with van der Waals surface area (Å²) >= 11 is 0. The maximum Gasteiger partial charge on any atom is 0.325 e. The lowest BCUT2D eigenvalue weighted by Gasteiger charge is -2.19. The number of carbonyl (C=O) groups excluding carboxylic acids is 2. The Morgan fingerprint density at radius 3 is 2.52 bits per heavy atom. The van der Waals surface area contributed by atoms with Crippen LogP contribution < -0.4 is 16.3 Å². The first kappa shape index (κ1) is 16.5. The highest BCUT2D eigenvalue weighted by atomic mass is 16.2. The average molecular weight is 316 g/mol. The van der Waals surface area contributed by atoms with Crippen LogP contribution in [0.4, 0.5) is 11.4 Å². The molecule has 0 spiro atoms. The molecule has 0 saturated heterocycles. The fraction of sp³-hybridized carbons (Fsp3) is 0.312. The van der Waals surface area contributed by atoms with Crippen molar-refractivity contribution in [3.8, 4) is 0 Å². The van der Waals surface area contributed by atoms with Crippen LogP contribution in [0.15, 0.2) is 29.1 Å². The molecule has 0 atom stereocenters. The van der Waals surface area contributed by atoms with E-state index in [4.69, 9.17) is 5.73 Å². The third-order valence-corrected chi connectivity index (χ3v) is 3.73. The van der Waals surface area contributed by atoms with E-state index >= 15 is 0 Å². The number of imide groups is 1. The van der Waals surface area contributed by atoms with Gasteiger partial charge in [-0.3, -0.25) is 19.1 Å². The zero-order valence-electron chi connectivity index (χ0n) is 13.4. The van der Waals surface area contributed by atoms with Gasteiger partial charge in [-0.15, -0.1) is 0 Å². The molecule has 0 saturated carbocycles. The highest BCUT2D eigenvalue weighted by Crippen LogP contribution is 2.19. The first-order valence-corrected chi connectivity index (χ1v) is 7.26. The second kappa shape index (κ2) is 6.51. The first-order valence-electron chi connectivity index (χ1n) is 7.26. The number of nitrogen functional groups attached to an aromatic ring is 1. The molecule has 2 rings (SSSR count). The molecule has 2 amide bonds. The fourth-order valence-electron chi connectivity index (χ4n) is 2.43. The number of aryl methyl sites for hydroxylation is 1. The fourth-order valence-corrected chi connectivity index (χ4v) is 2.43. The van der Waals surface area contributed by atoms with Crippen LogP contribution in [0.25, 0.3) is 0 Å². The molecule has 3 N–H and O–H groups in total. The molecule has 7 heteroatoms. The zero-order valence-corrected chi connectivity index (χ0v) is 13.4. The molecule has 0 aliphatic carbocycles. The summed E-state index contributed by atoms with van der Waals surface area (Å²) in [6.07, 6.45) is 0.0341. The molecule has 122 valence electrons. The molecule has 0 fully saturated rings.